The summed E-state index contributed by atoms with van der Waals surface area (Å²) in [7, 11) is 0. The van der Waals surface area contributed by atoms with Crippen molar-refractivity contribution < 1.29 is 0 Å². The van der Waals surface area contributed by atoms with Gasteiger partial charge in [0.2, 0.25) is 0 Å². The van der Waals surface area contributed by atoms with E-state index in [-0.39, 0.29) is 0 Å². The third kappa shape index (κ3) is 4.09. The Bertz CT molecular complexity index is 24.8. The molecular weight excluding hydrogens is 80.1 g/mol. The van der Waals surface area contributed by atoms with E-state index >= 15 is 0 Å². The number of rotatable bonds is 2. The summed E-state index contributed by atoms with van der Waals surface area (Å²) >= 11 is 1.28. The monoisotopic (exact) mass is 86.0 g/mol. The molecule has 0 fully saturated rings. The second kappa shape index (κ2) is 4.09. The minimum atomic E-state index is 0.847. The Balaban J connectivity index is 2.40. The van der Waals surface area contributed by atoms with Gasteiger partial charge in [0.25, 0.3) is 0 Å². The van der Waals surface area contributed by atoms with Crippen LogP contribution in [0.1, 0.15) is 0 Å². The molecule has 0 bridgehead atoms. The number of hydrogen-bond donors (Lipinski definition) is 0. The predicted octanol–water partition coefficient (Wildman–Crippen LogP) is 1.57. The summed E-state index contributed by atoms with van der Waals surface area (Å²) in [4.78, 5) is 0. The van der Waals surface area contributed by atoms with E-state index in [2.05, 4.69) is 6.58 Å². The highest BCUT2D eigenvalue weighted by molar-refractivity contribution is 8.00. The van der Waals surface area contributed by atoms with Crippen molar-refractivity contribution in [3.05, 3.63) is 18.9 Å². The van der Waals surface area contributed by atoms with Crippen LogP contribution in [0.15, 0.2) is 12.7 Å². The first-order chi connectivity index (χ1) is 2.41. The fraction of sp³-hybridized carbons (Fsp3) is 0.250. The second-order valence-corrected chi connectivity index (χ2v) is 1.29. The molecule has 0 amide bonds. The minimum Gasteiger partial charge on any atom is -0.152 e. The van der Waals surface area contributed by atoms with Crippen molar-refractivity contribution in [2.45, 2.75) is 0 Å². The molecule has 0 aliphatic carbocycles. The molecule has 0 aromatic heterocycles. The lowest BCUT2D eigenvalue weighted by atomic mass is 10.8. The molecule has 1 heteroatoms. The minimum absolute atomic E-state index is 0.847. The van der Waals surface area contributed by atoms with Crippen molar-refractivity contribution in [3.8, 4) is 0 Å². The molecule has 0 N–H and O–H groups in total. The molecule has 0 nitrogen and oxygen atoms in total. The Morgan fingerprint density at radius 2 is 2.60 bits per heavy atom. The van der Waals surface area contributed by atoms with Crippen molar-refractivity contribution in [2.24, 2.45) is 0 Å². The molecule has 0 unspecified atom stereocenters. The van der Waals surface area contributed by atoms with Gasteiger partial charge in [-0.2, -0.15) is 11.8 Å². The van der Waals surface area contributed by atoms with E-state index in [1.807, 2.05) is 0 Å². The molecule has 0 aromatic rings. The highest BCUT2D eigenvalue weighted by atomic mass is 32.2. The summed E-state index contributed by atoms with van der Waals surface area (Å²) in [5.41, 5.74) is 0. The summed E-state index contributed by atoms with van der Waals surface area (Å²) in [6.45, 7) is 3.45. The lowest BCUT2D eigenvalue weighted by Crippen LogP contribution is -1.55. The Labute approximate surface area is 37.3 Å². The van der Waals surface area contributed by atoms with Crippen molar-refractivity contribution in [2.75, 3.05) is 5.75 Å². The molecule has 0 saturated heterocycles. The average molecular weight is 86.2 g/mol. The highest BCUT2D eigenvalue weighted by Crippen LogP contribution is 1.90. The summed E-state index contributed by atoms with van der Waals surface area (Å²) in [6.07, 6.45) is 6.75. The SMILES string of the molecule is [CH]SCC=C. The van der Waals surface area contributed by atoms with Gasteiger partial charge in [0.1, 0.15) is 0 Å². The third-order valence-corrected chi connectivity index (χ3v) is 0.642. The van der Waals surface area contributed by atoms with Crippen molar-refractivity contribution in [1.29, 1.82) is 0 Å². The molecule has 0 rings (SSSR count). The predicted molar refractivity (Wildman–Crippen MR) is 27.0 cm³/mol. The summed E-state index contributed by atoms with van der Waals surface area (Å²) < 4.78 is 0. The normalized spacial score (nSPS) is 7.40. The molecular formula is C4H6S. The van der Waals surface area contributed by atoms with Gasteiger partial charge in [0.15, 0.2) is 0 Å². The Kier molecular flexibility index (Phi) is 4.16. The van der Waals surface area contributed by atoms with E-state index in [0.29, 0.717) is 0 Å². The highest BCUT2D eigenvalue weighted by Gasteiger charge is 1.61. The van der Waals surface area contributed by atoms with Crippen molar-refractivity contribution in [1.82, 2.24) is 0 Å². The standard InChI is InChI=1S/C4H6S/c1-3-4-5-2/h2-3H,1,4H2. The lowest BCUT2D eigenvalue weighted by molar-refractivity contribution is 1.83. The van der Waals surface area contributed by atoms with Gasteiger partial charge < -0.3 is 0 Å². The van der Waals surface area contributed by atoms with Crippen LogP contribution < -0.4 is 0 Å². The van der Waals surface area contributed by atoms with Gasteiger partial charge in [-0.15, -0.1) is 6.58 Å². The second-order valence-electron chi connectivity index (χ2n) is 0.622. The average Bonchev–Trinajstić information content (AvgIpc) is 1.41. The van der Waals surface area contributed by atoms with Gasteiger partial charge in [0.05, 0.1) is 0 Å². The van der Waals surface area contributed by atoms with Crippen LogP contribution in [0.25, 0.3) is 0 Å². The van der Waals surface area contributed by atoms with Crippen LogP contribution in [0.3, 0.4) is 0 Å². The fourth-order valence-electron chi connectivity index (χ4n) is 0.0680. The first-order valence-corrected chi connectivity index (χ1v) is 2.39. The van der Waals surface area contributed by atoms with E-state index in [4.69, 9.17) is 6.26 Å². The molecule has 0 spiro atoms. The maximum atomic E-state index is 4.98. The molecule has 2 radical (unpaired) electrons. The van der Waals surface area contributed by atoms with E-state index < -0.39 is 0 Å². The lowest BCUT2D eigenvalue weighted by Gasteiger charge is -1.73. The largest absolute Gasteiger partial charge is 0.152 e. The number of thioether (sulfide) groups is 1. The third-order valence-electron chi connectivity index (χ3n) is 0.214. The molecule has 0 heterocycles. The van der Waals surface area contributed by atoms with Crippen LogP contribution in [0.5, 0.6) is 0 Å². The zero-order chi connectivity index (χ0) is 4.12. The Hall–Kier alpha value is 0.0900. The van der Waals surface area contributed by atoms with Gasteiger partial charge in [-0.05, 0) is 0 Å². The molecule has 0 saturated carbocycles. The Morgan fingerprint density at radius 1 is 2.00 bits per heavy atom. The summed E-state index contributed by atoms with van der Waals surface area (Å²) in [5.74, 6) is 0.847. The zero-order valence-electron chi connectivity index (χ0n) is 2.98. The van der Waals surface area contributed by atoms with E-state index in [9.17, 15) is 0 Å². The zero-order valence-corrected chi connectivity index (χ0v) is 3.79. The molecule has 0 atom stereocenters. The maximum absolute atomic E-state index is 4.98. The summed E-state index contributed by atoms with van der Waals surface area (Å²) in [5, 5.41) is 0. The molecule has 28 valence electrons. The van der Waals surface area contributed by atoms with Crippen LogP contribution in [0.2, 0.25) is 0 Å². The van der Waals surface area contributed by atoms with E-state index in [1.165, 1.54) is 11.8 Å². The molecule has 0 aromatic carbocycles. The van der Waals surface area contributed by atoms with Crippen LogP contribution in [0.4, 0.5) is 0 Å². The van der Waals surface area contributed by atoms with Gasteiger partial charge in [-0.1, -0.05) is 6.08 Å². The molecule has 5 heavy (non-hydrogen) atoms. The van der Waals surface area contributed by atoms with Gasteiger partial charge in [-0.25, -0.2) is 0 Å². The topological polar surface area (TPSA) is 0 Å². The first kappa shape index (κ1) is 5.09. The maximum Gasteiger partial charge on any atom is 0.0311 e. The van der Waals surface area contributed by atoms with Crippen molar-refractivity contribution >= 4 is 11.8 Å². The molecule has 0 aliphatic heterocycles. The molecule has 0 aliphatic rings. The van der Waals surface area contributed by atoms with Gasteiger partial charge in [-0.3, -0.25) is 0 Å². The van der Waals surface area contributed by atoms with E-state index in [1.54, 1.807) is 6.08 Å². The number of hydrogen-bond acceptors (Lipinski definition) is 1. The van der Waals surface area contributed by atoms with Gasteiger partial charge >= 0.3 is 0 Å². The smallest absolute Gasteiger partial charge is 0.0311 e. The van der Waals surface area contributed by atoms with E-state index in [0.717, 1.165) is 5.75 Å². The summed E-state index contributed by atoms with van der Waals surface area (Å²) in [6, 6.07) is 0. The van der Waals surface area contributed by atoms with Crippen LogP contribution in [-0.4, -0.2) is 5.75 Å². The quantitative estimate of drug-likeness (QED) is 0.460. The van der Waals surface area contributed by atoms with Crippen LogP contribution in [-0.2, 0) is 0 Å². The van der Waals surface area contributed by atoms with Crippen molar-refractivity contribution in [3.63, 3.8) is 0 Å². The van der Waals surface area contributed by atoms with Gasteiger partial charge in [0, 0.05) is 12.0 Å². The van der Waals surface area contributed by atoms with Crippen LogP contribution >= 0.6 is 11.8 Å². The van der Waals surface area contributed by atoms with Crippen LogP contribution in [0, 0.1) is 6.26 Å². The Morgan fingerprint density at radius 3 is 2.60 bits per heavy atom. The fourth-order valence-corrected chi connectivity index (χ4v) is 0.204. The first-order valence-electron chi connectivity index (χ1n) is 1.34.